The molecule has 0 radical (unpaired) electrons. The monoisotopic (exact) mass is 434 g/mol. The lowest BCUT2D eigenvalue weighted by Gasteiger charge is -2.13. The van der Waals surface area contributed by atoms with E-state index in [4.69, 9.17) is 30.5 Å². The van der Waals surface area contributed by atoms with Crippen LogP contribution in [0, 0.1) is 13.8 Å². The lowest BCUT2D eigenvalue weighted by Crippen LogP contribution is -2.13. The van der Waals surface area contributed by atoms with Gasteiger partial charge in [-0.05, 0) is 54.8 Å². The molecule has 162 valence electrons. The molecule has 0 aliphatic rings. The second kappa shape index (κ2) is 12.0. The van der Waals surface area contributed by atoms with E-state index in [2.05, 4.69) is 24.4 Å². The molecule has 2 aromatic carbocycles. The minimum atomic E-state index is -0.261. The Morgan fingerprint density at radius 2 is 1.80 bits per heavy atom. The Labute approximate surface area is 181 Å². The SMILES string of the molecule is COc1cc(/C=N/NC(C)=O)cc(Cl)c1OCCOCCOc1ccc(C)c(C)c1. The fraction of sp³-hybridized carbons (Fsp3) is 0.364. The second-order valence-corrected chi connectivity index (χ2v) is 6.92. The van der Waals surface area contributed by atoms with Gasteiger partial charge in [0.2, 0.25) is 5.91 Å². The molecule has 0 unspecified atom stereocenters. The molecule has 8 heteroatoms. The lowest BCUT2D eigenvalue weighted by molar-refractivity contribution is -0.118. The summed E-state index contributed by atoms with van der Waals surface area (Å²) in [5.41, 5.74) is 5.42. The average molecular weight is 435 g/mol. The first-order chi connectivity index (χ1) is 14.4. The van der Waals surface area contributed by atoms with Crippen LogP contribution in [0.5, 0.6) is 17.2 Å². The van der Waals surface area contributed by atoms with Gasteiger partial charge in [0.05, 0.1) is 31.6 Å². The van der Waals surface area contributed by atoms with Gasteiger partial charge < -0.3 is 18.9 Å². The molecular weight excluding hydrogens is 408 g/mol. The van der Waals surface area contributed by atoms with Gasteiger partial charge in [-0.2, -0.15) is 5.10 Å². The van der Waals surface area contributed by atoms with Gasteiger partial charge in [-0.3, -0.25) is 4.79 Å². The van der Waals surface area contributed by atoms with Crippen molar-refractivity contribution in [3.8, 4) is 17.2 Å². The molecular formula is C22H27ClN2O5. The van der Waals surface area contributed by atoms with Gasteiger partial charge in [-0.1, -0.05) is 17.7 Å². The number of halogens is 1. The van der Waals surface area contributed by atoms with Gasteiger partial charge >= 0.3 is 0 Å². The smallest absolute Gasteiger partial charge is 0.236 e. The molecule has 0 saturated carbocycles. The minimum absolute atomic E-state index is 0.261. The first-order valence-electron chi connectivity index (χ1n) is 9.48. The Bertz CT molecular complexity index is 886. The van der Waals surface area contributed by atoms with Crippen molar-refractivity contribution in [3.63, 3.8) is 0 Å². The Hall–Kier alpha value is -2.77. The molecule has 30 heavy (non-hydrogen) atoms. The topological polar surface area (TPSA) is 78.4 Å². The summed E-state index contributed by atoms with van der Waals surface area (Å²) in [6.07, 6.45) is 1.47. The largest absolute Gasteiger partial charge is 0.493 e. The Balaban J connectivity index is 1.76. The second-order valence-electron chi connectivity index (χ2n) is 6.52. The number of ether oxygens (including phenoxy) is 4. The molecule has 0 saturated heterocycles. The number of hydrogen-bond acceptors (Lipinski definition) is 6. The fourth-order valence-corrected chi connectivity index (χ4v) is 2.75. The summed E-state index contributed by atoms with van der Waals surface area (Å²) in [6, 6.07) is 9.38. The highest BCUT2D eigenvalue weighted by molar-refractivity contribution is 6.32. The van der Waals surface area contributed by atoms with Gasteiger partial charge in [-0.25, -0.2) is 5.43 Å². The van der Waals surface area contributed by atoms with Crippen LogP contribution >= 0.6 is 11.6 Å². The van der Waals surface area contributed by atoms with Crippen LogP contribution in [0.2, 0.25) is 5.02 Å². The number of amides is 1. The molecule has 0 aromatic heterocycles. The molecule has 0 aliphatic heterocycles. The van der Waals surface area contributed by atoms with E-state index in [-0.39, 0.29) is 5.91 Å². The Morgan fingerprint density at radius 1 is 1.07 bits per heavy atom. The molecule has 0 bridgehead atoms. The Morgan fingerprint density at radius 3 is 2.47 bits per heavy atom. The van der Waals surface area contributed by atoms with Crippen LogP contribution in [0.15, 0.2) is 35.4 Å². The van der Waals surface area contributed by atoms with Gasteiger partial charge in [0.25, 0.3) is 0 Å². The number of methoxy groups -OCH3 is 1. The van der Waals surface area contributed by atoms with Crippen molar-refractivity contribution in [2.24, 2.45) is 5.10 Å². The number of nitrogens with one attached hydrogen (secondary N) is 1. The van der Waals surface area contributed by atoms with E-state index in [1.54, 1.807) is 12.1 Å². The molecule has 1 amide bonds. The first-order valence-corrected chi connectivity index (χ1v) is 9.86. The number of hydrazone groups is 1. The van der Waals surface area contributed by atoms with E-state index < -0.39 is 0 Å². The van der Waals surface area contributed by atoms with E-state index >= 15 is 0 Å². The summed E-state index contributed by atoms with van der Waals surface area (Å²) >= 11 is 6.29. The standard InChI is InChI=1S/C22H27ClN2O5/c1-15-5-6-19(11-16(15)2)29-9-7-28-8-10-30-22-20(23)12-18(13-21(22)27-4)14-24-25-17(3)26/h5-6,11-14H,7-10H2,1-4H3,(H,25,26)/b24-14+. The number of carbonyl (C=O) groups is 1. The number of rotatable bonds is 11. The van der Waals surface area contributed by atoms with E-state index in [9.17, 15) is 4.79 Å². The van der Waals surface area contributed by atoms with Crippen molar-refractivity contribution < 1.29 is 23.7 Å². The van der Waals surface area contributed by atoms with Crippen LogP contribution in [0.4, 0.5) is 0 Å². The van der Waals surface area contributed by atoms with Gasteiger partial charge in [0.15, 0.2) is 11.5 Å². The summed E-state index contributed by atoms with van der Waals surface area (Å²) in [7, 11) is 1.52. The molecule has 0 heterocycles. The van der Waals surface area contributed by atoms with Gasteiger partial charge in [-0.15, -0.1) is 0 Å². The van der Waals surface area contributed by atoms with E-state index in [1.807, 2.05) is 18.2 Å². The summed E-state index contributed by atoms with van der Waals surface area (Å²) in [4.78, 5) is 10.9. The highest BCUT2D eigenvalue weighted by Crippen LogP contribution is 2.36. The summed E-state index contributed by atoms with van der Waals surface area (Å²) in [6.45, 7) is 7.07. The molecule has 0 aliphatic carbocycles. The molecule has 0 atom stereocenters. The van der Waals surface area contributed by atoms with Crippen molar-refractivity contribution >= 4 is 23.7 Å². The van der Waals surface area contributed by atoms with Gasteiger partial charge in [0.1, 0.15) is 19.0 Å². The van der Waals surface area contributed by atoms with Crippen molar-refractivity contribution in [2.45, 2.75) is 20.8 Å². The summed E-state index contributed by atoms with van der Waals surface area (Å²) < 4.78 is 22.3. The predicted octanol–water partition coefficient (Wildman–Crippen LogP) is 3.91. The molecule has 0 fully saturated rings. The zero-order chi connectivity index (χ0) is 21.9. The maximum absolute atomic E-state index is 10.9. The normalized spacial score (nSPS) is 10.8. The molecule has 0 spiro atoms. The van der Waals surface area contributed by atoms with E-state index in [1.165, 1.54) is 31.4 Å². The van der Waals surface area contributed by atoms with Crippen LogP contribution in [-0.2, 0) is 9.53 Å². The molecule has 2 rings (SSSR count). The Kier molecular flexibility index (Phi) is 9.44. The third-order valence-electron chi connectivity index (χ3n) is 4.14. The first kappa shape index (κ1) is 23.5. The zero-order valence-electron chi connectivity index (χ0n) is 17.7. The van der Waals surface area contributed by atoms with Gasteiger partial charge in [0, 0.05) is 6.92 Å². The van der Waals surface area contributed by atoms with Crippen LogP contribution in [0.1, 0.15) is 23.6 Å². The molecule has 1 N–H and O–H groups in total. The lowest BCUT2D eigenvalue weighted by atomic mass is 10.1. The van der Waals surface area contributed by atoms with Crippen molar-refractivity contribution in [3.05, 3.63) is 52.0 Å². The average Bonchev–Trinajstić information content (AvgIpc) is 2.70. The number of benzene rings is 2. The quantitative estimate of drug-likeness (QED) is 0.329. The fourth-order valence-electron chi connectivity index (χ4n) is 2.48. The van der Waals surface area contributed by atoms with Crippen molar-refractivity contribution in [1.29, 1.82) is 0 Å². The number of carbonyl (C=O) groups excluding carboxylic acids is 1. The van der Waals surface area contributed by atoms with Crippen LogP contribution in [0.25, 0.3) is 0 Å². The van der Waals surface area contributed by atoms with Crippen molar-refractivity contribution in [2.75, 3.05) is 33.5 Å². The van der Waals surface area contributed by atoms with E-state index in [0.717, 1.165) is 5.75 Å². The van der Waals surface area contributed by atoms with Crippen LogP contribution in [0.3, 0.4) is 0 Å². The maximum atomic E-state index is 10.9. The third-order valence-corrected chi connectivity index (χ3v) is 4.42. The van der Waals surface area contributed by atoms with Crippen LogP contribution < -0.4 is 19.6 Å². The highest BCUT2D eigenvalue weighted by atomic mass is 35.5. The summed E-state index contributed by atoms with van der Waals surface area (Å²) in [5, 5.41) is 4.18. The zero-order valence-corrected chi connectivity index (χ0v) is 18.4. The predicted molar refractivity (Wildman–Crippen MR) is 117 cm³/mol. The molecule has 7 nitrogen and oxygen atoms in total. The number of hydrogen-bond donors (Lipinski definition) is 1. The highest BCUT2D eigenvalue weighted by Gasteiger charge is 2.11. The molecule has 2 aromatic rings. The minimum Gasteiger partial charge on any atom is -0.493 e. The summed E-state index contributed by atoms with van der Waals surface area (Å²) in [5.74, 6) is 1.45. The maximum Gasteiger partial charge on any atom is 0.236 e. The number of aryl methyl sites for hydroxylation is 2. The van der Waals surface area contributed by atoms with Crippen LogP contribution in [-0.4, -0.2) is 45.7 Å². The van der Waals surface area contributed by atoms with Crippen molar-refractivity contribution in [1.82, 2.24) is 5.43 Å². The number of nitrogens with zero attached hydrogens (tertiary/aromatic N) is 1. The third kappa shape index (κ3) is 7.57. The van der Waals surface area contributed by atoms with E-state index in [0.29, 0.717) is 48.5 Å².